The van der Waals surface area contributed by atoms with Gasteiger partial charge in [-0.25, -0.2) is 4.39 Å². The van der Waals surface area contributed by atoms with E-state index in [9.17, 15) is 9.18 Å². The first-order chi connectivity index (χ1) is 10.1. The fourth-order valence-corrected chi connectivity index (χ4v) is 3.06. The van der Waals surface area contributed by atoms with E-state index in [1.807, 2.05) is 0 Å². The number of benzene rings is 1. The highest BCUT2D eigenvalue weighted by molar-refractivity contribution is 9.10. The molecule has 0 bridgehead atoms. The number of rotatable bonds is 2. The highest BCUT2D eigenvalue weighted by Gasteiger charge is 2.28. The Balaban J connectivity index is 1.90. The number of hydrogen-bond donors (Lipinski definition) is 0. The summed E-state index contributed by atoms with van der Waals surface area (Å²) in [6, 6.07) is 4.42. The van der Waals surface area contributed by atoms with Crippen LogP contribution in [-0.2, 0) is 4.79 Å². The van der Waals surface area contributed by atoms with Gasteiger partial charge in [0.1, 0.15) is 11.6 Å². The molecule has 1 aliphatic rings. The third kappa shape index (κ3) is 3.20. The lowest BCUT2D eigenvalue weighted by atomic mass is 9.99. The summed E-state index contributed by atoms with van der Waals surface area (Å²) in [7, 11) is 0. The van der Waals surface area contributed by atoms with Crippen LogP contribution >= 0.6 is 15.9 Å². The fraction of sp³-hybridized carbons (Fsp3) is 0.400. The number of nitrogens with zero attached hydrogens (tertiary/aromatic N) is 2. The van der Waals surface area contributed by atoms with Gasteiger partial charge in [-0.2, -0.15) is 4.98 Å². The van der Waals surface area contributed by atoms with E-state index in [1.54, 1.807) is 6.07 Å². The van der Waals surface area contributed by atoms with Gasteiger partial charge in [0.2, 0.25) is 11.7 Å². The molecule has 110 valence electrons. The van der Waals surface area contributed by atoms with Crippen LogP contribution in [0, 0.1) is 5.82 Å². The second-order valence-electron chi connectivity index (χ2n) is 5.23. The summed E-state index contributed by atoms with van der Waals surface area (Å²) in [6.07, 6.45) is 4.27. The van der Waals surface area contributed by atoms with Crippen molar-refractivity contribution in [3.63, 3.8) is 0 Å². The number of carbonyl (C=O) groups excluding carboxylic acids is 1. The maximum atomic E-state index is 13.4. The summed E-state index contributed by atoms with van der Waals surface area (Å²) in [6.45, 7) is 0. The Kier molecular flexibility index (Phi) is 4.14. The van der Waals surface area contributed by atoms with E-state index in [0.717, 1.165) is 25.7 Å². The van der Waals surface area contributed by atoms with Crippen molar-refractivity contribution >= 4 is 21.7 Å². The maximum absolute atomic E-state index is 13.4. The second-order valence-corrected chi connectivity index (χ2v) is 6.15. The molecule has 1 atom stereocenters. The van der Waals surface area contributed by atoms with Crippen molar-refractivity contribution in [3.05, 3.63) is 34.4 Å². The Morgan fingerprint density at radius 2 is 2.10 bits per heavy atom. The zero-order valence-electron chi connectivity index (χ0n) is 11.3. The van der Waals surface area contributed by atoms with Crippen LogP contribution in [0.5, 0.6) is 0 Å². The Bertz CT molecular complexity index is 651. The monoisotopic (exact) mass is 352 g/mol. The lowest BCUT2D eigenvalue weighted by Crippen LogP contribution is -2.10. The third-order valence-electron chi connectivity index (χ3n) is 3.67. The fourth-order valence-electron chi connectivity index (χ4n) is 2.60. The summed E-state index contributed by atoms with van der Waals surface area (Å²) in [5, 5.41) is 3.88. The zero-order chi connectivity index (χ0) is 14.8. The summed E-state index contributed by atoms with van der Waals surface area (Å²) in [5.41, 5.74) is 0.526. The van der Waals surface area contributed by atoms with Crippen LogP contribution in [0.4, 0.5) is 4.39 Å². The van der Waals surface area contributed by atoms with E-state index in [-0.39, 0.29) is 17.5 Å². The van der Waals surface area contributed by atoms with Crippen LogP contribution in [0.25, 0.3) is 11.4 Å². The first-order valence-electron chi connectivity index (χ1n) is 6.96. The molecule has 1 aromatic heterocycles. The minimum Gasteiger partial charge on any atom is -0.338 e. The molecule has 1 unspecified atom stereocenters. The summed E-state index contributed by atoms with van der Waals surface area (Å²) < 4.78 is 19.3. The standard InChI is InChI=1S/C15H14BrFN2O2/c16-10-6-9(7-11(17)8-10)14-18-15(21-19-14)12-4-2-1-3-5-13(12)20/h6-8,12H,1-5H2. The quantitative estimate of drug-likeness (QED) is 0.758. The molecule has 1 fully saturated rings. The predicted octanol–water partition coefficient (Wildman–Crippen LogP) is 4.26. The van der Waals surface area contributed by atoms with E-state index in [0.29, 0.717) is 28.2 Å². The van der Waals surface area contributed by atoms with Crippen LogP contribution in [0.2, 0.25) is 0 Å². The molecule has 0 saturated heterocycles. The first kappa shape index (κ1) is 14.4. The Morgan fingerprint density at radius 3 is 2.90 bits per heavy atom. The highest BCUT2D eigenvalue weighted by Crippen LogP contribution is 2.30. The number of Topliss-reactive ketones (excluding diaryl/α,β-unsaturated/α-hetero) is 1. The van der Waals surface area contributed by atoms with Gasteiger partial charge < -0.3 is 4.52 Å². The number of halogens is 2. The van der Waals surface area contributed by atoms with Crippen LogP contribution < -0.4 is 0 Å². The molecular weight excluding hydrogens is 339 g/mol. The van der Waals surface area contributed by atoms with Crippen molar-refractivity contribution in [1.82, 2.24) is 10.1 Å². The Morgan fingerprint density at radius 1 is 1.24 bits per heavy atom. The lowest BCUT2D eigenvalue weighted by Gasteiger charge is -2.06. The van der Waals surface area contributed by atoms with E-state index in [4.69, 9.17) is 4.52 Å². The van der Waals surface area contributed by atoms with Gasteiger partial charge in [-0.15, -0.1) is 0 Å². The molecule has 3 rings (SSSR count). The minimum atomic E-state index is -0.378. The first-order valence-corrected chi connectivity index (χ1v) is 7.75. The predicted molar refractivity (Wildman–Crippen MR) is 78.2 cm³/mol. The van der Waals surface area contributed by atoms with Gasteiger partial charge in [-0.1, -0.05) is 33.9 Å². The Hall–Kier alpha value is -1.56. The smallest absolute Gasteiger partial charge is 0.237 e. The van der Waals surface area contributed by atoms with Gasteiger partial charge in [0.15, 0.2) is 0 Å². The average Bonchev–Trinajstić information content (AvgIpc) is 2.81. The second kappa shape index (κ2) is 6.05. The number of carbonyl (C=O) groups is 1. The van der Waals surface area contributed by atoms with Crippen LogP contribution in [0.15, 0.2) is 27.2 Å². The minimum absolute atomic E-state index is 0.156. The van der Waals surface area contributed by atoms with E-state index >= 15 is 0 Å². The lowest BCUT2D eigenvalue weighted by molar-refractivity contribution is -0.120. The van der Waals surface area contributed by atoms with Gasteiger partial charge in [-0.3, -0.25) is 4.79 Å². The van der Waals surface area contributed by atoms with Gasteiger partial charge in [0.25, 0.3) is 0 Å². The number of hydrogen-bond acceptors (Lipinski definition) is 4. The zero-order valence-corrected chi connectivity index (χ0v) is 12.9. The van der Waals surface area contributed by atoms with Crippen molar-refractivity contribution in [2.75, 3.05) is 0 Å². The number of ketones is 1. The summed E-state index contributed by atoms with van der Waals surface area (Å²) in [5.74, 6) is 0.115. The van der Waals surface area contributed by atoms with Gasteiger partial charge in [0.05, 0.1) is 5.92 Å². The summed E-state index contributed by atoms with van der Waals surface area (Å²) in [4.78, 5) is 16.4. The van der Waals surface area contributed by atoms with Crippen molar-refractivity contribution < 1.29 is 13.7 Å². The van der Waals surface area contributed by atoms with Crippen LogP contribution in [0.3, 0.4) is 0 Å². The van der Waals surface area contributed by atoms with Gasteiger partial charge in [0, 0.05) is 16.5 Å². The third-order valence-corrected chi connectivity index (χ3v) is 4.12. The van der Waals surface area contributed by atoms with Crippen LogP contribution in [-0.4, -0.2) is 15.9 Å². The summed E-state index contributed by atoms with van der Waals surface area (Å²) >= 11 is 3.23. The number of aromatic nitrogens is 2. The van der Waals surface area contributed by atoms with Crippen molar-refractivity contribution in [1.29, 1.82) is 0 Å². The van der Waals surface area contributed by atoms with Crippen molar-refractivity contribution in [2.24, 2.45) is 0 Å². The van der Waals surface area contributed by atoms with E-state index in [1.165, 1.54) is 12.1 Å². The van der Waals surface area contributed by atoms with E-state index in [2.05, 4.69) is 26.1 Å². The molecule has 0 aliphatic heterocycles. The molecule has 0 spiro atoms. The van der Waals surface area contributed by atoms with Crippen molar-refractivity contribution in [2.45, 2.75) is 38.0 Å². The normalized spacial score (nSPS) is 19.5. The average molecular weight is 353 g/mol. The molecule has 0 N–H and O–H groups in total. The molecule has 6 heteroatoms. The molecule has 1 heterocycles. The molecule has 0 amide bonds. The molecule has 0 radical (unpaired) electrons. The topological polar surface area (TPSA) is 56.0 Å². The van der Waals surface area contributed by atoms with Gasteiger partial charge in [-0.05, 0) is 31.0 Å². The van der Waals surface area contributed by atoms with Gasteiger partial charge >= 0.3 is 0 Å². The van der Waals surface area contributed by atoms with Crippen LogP contribution in [0.1, 0.15) is 43.9 Å². The maximum Gasteiger partial charge on any atom is 0.237 e. The molecule has 1 saturated carbocycles. The molecular formula is C15H14BrFN2O2. The SMILES string of the molecule is O=C1CCCCCC1c1nc(-c2cc(F)cc(Br)c2)no1. The largest absolute Gasteiger partial charge is 0.338 e. The molecule has 1 aromatic carbocycles. The molecule has 4 nitrogen and oxygen atoms in total. The van der Waals surface area contributed by atoms with E-state index < -0.39 is 0 Å². The molecule has 1 aliphatic carbocycles. The molecule has 21 heavy (non-hydrogen) atoms. The molecule has 2 aromatic rings. The Labute approximate surface area is 129 Å². The van der Waals surface area contributed by atoms with Crippen molar-refractivity contribution in [3.8, 4) is 11.4 Å². The highest BCUT2D eigenvalue weighted by atomic mass is 79.9.